The fraction of sp³-hybridized carbons (Fsp3) is 0.678. The molecule has 5 unspecified atom stereocenters. The molecular formula is C87H146O17P2. The minimum Gasteiger partial charge on any atom is -0.462 e. The summed E-state index contributed by atoms with van der Waals surface area (Å²) in [6, 6.07) is 0. The summed E-state index contributed by atoms with van der Waals surface area (Å²) in [6.07, 6.45) is 89.6. The zero-order valence-corrected chi connectivity index (χ0v) is 68.1. The first-order valence-electron chi connectivity index (χ1n) is 41.1. The van der Waals surface area contributed by atoms with Crippen LogP contribution in [0.4, 0.5) is 0 Å². The smallest absolute Gasteiger partial charge is 0.462 e. The van der Waals surface area contributed by atoms with E-state index in [1.807, 2.05) is 0 Å². The van der Waals surface area contributed by atoms with Gasteiger partial charge in [-0.25, -0.2) is 9.13 Å². The van der Waals surface area contributed by atoms with Crippen LogP contribution in [-0.4, -0.2) is 96.7 Å². The minimum absolute atomic E-state index is 0.0714. The first-order chi connectivity index (χ1) is 51.7. The molecule has 0 aromatic carbocycles. The molecule has 0 amide bonds. The molecule has 0 aromatic rings. The molecule has 0 aliphatic carbocycles. The lowest BCUT2D eigenvalue weighted by Gasteiger charge is -2.21. The van der Waals surface area contributed by atoms with Gasteiger partial charge in [0.25, 0.3) is 0 Å². The Kier molecular flexibility index (Phi) is 74.3. The van der Waals surface area contributed by atoms with Crippen LogP contribution in [0, 0.1) is 0 Å². The molecule has 0 spiro atoms. The number of rotatable bonds is 76. The highest BCUT2D eigenvalue weighted by Gasteiger charge is 2.30. The van der Waals surface area contributed by atoms with Gasteiger partial charge in [0.1, 0.15) is 19.3 Å². The van der Waals surface area contributed by atoms with Crippen molar-refractivity contribution < 1.29 is 80.2 Å². The third-order valence-corrected chi connectivity index (χ3v) is 18.7. The number of hydrogen-bond acceptors (Lipinski definition) is 15. The summed E-state index contributed by atoms with van der Waals surface area (Å²) in [6.45, 7) is 4.54. The number of hydrogen-bond donors (Lipinski definition) is 3. The van der Waals surface area contributed by atoms with Gasteiger partial charge < -0.3 is 33.8 Å². The van der Waals surface area contributed by atoms with E-state index in [4.69, 9.17) is 37.0 Å². The predicted molar refractivity (Wildman–Crippen MR) is 436 cm³/mol. The molecule has 106 heavy (non-hydrogen) atoms. The number of unbranched alkanes of at least 4 members (excludes halogenated alkanes) is 26. The van der Waals surface area contributed by atoms with Gasteiger partial charge >= 0.3 is 39.5 Å². The molecule has 0 rings (SSSR count). The summed E-state index contributed by atoms with van der Waals surface area (Å²) in [4.78, 5) is 73.1. The van der Waals surface area contributed by atoms with E-state index in [0.29, 0.717) is 25.7 Å². The van der Waals surface area contributed by atoms with Crippen LogP contribution in [0.15, 0.2) is 146 Å². The molecule has 0 aliphatic rings. The van der Waals surface area contributed by atoms with Crippen molar-refractivity contribution in [3.63, 3.8) is 0 Å². The molecule has 5 atom stereocenters. The van der Waals surface area contributed by atoms with Gasteiger partial charge in [-0.05, 0) is 167 Å². The number of allylic oxidation sites excluding steroid dienone is 24. The van der Waals surface area contributed by atoms with Gasteiger partial charge in [0, 0.05) is 25.7 Å². The molecule has 0 heterocycles. The average molecular weight is 1530 g/mol. The third-order valence-electron chi connectivity index (χ3n) is 16.8. The van der Waals surface area contributed by atoms with E-state index < -0.39 is 97.5 Å². The molecule has 606 valence electrons. The van der Waals surface area contributed by atoms with Crippen LogP contribution in [0.5, 0.6) is 0 Å². The number of aliphatic hydroxyl groups is 1. The lowest BCUT2D eigenvalue weighted by Crippen LogP contribution is -2.30. The Labute approximate surface area is 643 Å². The van der Waals surface area contributed by atoms with Crippen LogP contribution in [0.1, 0.15) is 323 Å². The van der Waals surface area contributed by atoms with Crippen LogP contribution in [0.2, 0.25) is 0 Å². The topological polar surface area (TPSA) is 237 Å². The zero-order chi connectivity index (χ0) is 77.4. The van der Waals surface area contributed by atoms with Gasteiger partial charge in [-0.1, -0.05) is 276 Å². The van der Waals surface area contributed by atoms with Crippen LogP contribution < -0.4 is 0 Å². The lowest BCUT2D eigenvalue weighted by atomic mass is 10.1. The molecule has 0 aromatic heterocycles. The highest BCUT2D eigenvalue weighted by atomic mass is 31.2. The summed E-state index contributed by atoms with van der Waals surface area (Å²) in [5, 5.41) is 10.7. The van der Waals surface area contributed by atoms with E-state index in [9.17, 15) is 43.2 Å². The molecule has 0 fully saturated rings. The minimum atomic E-state index is -4.99. The average Bonchev–Trinajstić information content (AvgIpc) is 0.901. The van der Waals surface area contributed by atoms with Crippen LogP contribution >= 0.6 is 15.6 Å². The third kappa shape index (κ3) is 77.1. The Bertz CT molecular complexity index is 2580. The maximum atomic E-state index is 13.1. The van der Waals surface area contributed by atoms with Crippen molar-refractivity contribution >= 4 is 39.5 Å². The summed E-state index contributed by atoms with van der Waals surface area (Å²) >= 11 is 0. The highest BCUT2D eigenvalue weighted by molar-refractivity contribution is 7.47. The van der Waals surface area contributed by atoms with Crippen molar-refractivity contribution in [2.75, 3.05) is 39.6 Å². The number of phosphoric ester groups is 2. The molecular weight excluding hydrogens is 1380 g/mol. The van der Waals surface area contributed by atoms with Crippen molar-refractivity contribution in [3.8, 4) is 0 Å². The van der Waals surface area contributed by atoms with Gasteiger partial charge in [0.05, 0.1) is 26.4 Å². The van der Waals surface area contributed by atoms with Gasteiger partial charge in [0.2, 0.25) is 0 Å². The number of ether oxygens (including phenoxy) is 4. The fourth-order valence-electron chi connectivity index (χ4n) is 10.6. The van der Waals surface area contributed by atoms with E-state index in [-0.39, 0.29) is 25.7 Å². The lowest BCUT2D eigenvalue weighted by molar-refractivity contribution is -0.161. The Morgan fingerprint density at radius 3 is 0.792 bits per heavy atom. The van der Waals surface area contributed by atoms with Gasteiger partial charge in [-0.15, -0.1) is 0 Å². The van der Waals surface area contributed by atoms with E-state index in [2.05, 4.69) is 174 Å². The quantitative estimate of drug-likeness (QED) is 0.0169. The summed E-state index contributed by atoms with van der Waals surface area (Å²) in [7, 11) is -9.99. The Hall–Kier alpha value is -5.06. The van der Waals surface area contributed by atoms with Crippen LogP contribution in [-0.2, 0) is 65.4 Å². The van der Waals surface area contributed by atoms with E-state index in [0.717, 1.165) is 199 Å². The second-order valence-electron chi connectivity index (χ2n) is 26.9. The van der Waals surface area contributed by atoms with Gasteiger partial charge in [-0.2, -0.15) is 0 Å². The van der Waals surface area contributed by atoms with Crippen molar-refractivity contribution in [3.05, 3.63) is 146 Å². The van der Waals surface area contributed by atoms with E-state index >= 15 is 0 Å². The molecule has 0 radical (unpaired) electrons. The number of carbonyl (C=O) groups excluding carboxylic acids is 4. The predicted octanol–water partition coefficient (Wildman–Crippen LogP) is 24.2. The Morgan fingerprint density at radius 2 is 0.491 bits per heavy atom. The molecule has 17 nitrogen and oxygen atoms in total. The molecule has 0 saturated carbocycles. The maximum Gasteiger partial charge on any atom is 0.472 e. The first-order valence-corrected chi connectivity index (χ1v) is 44.1. The normalized spacial score (nSPS) is 14.6. The Balaban J connectivity index is 5.41. The van der Waals surface area contributed by atoms with Crippen LogP contribution in [0.3, 0.4) is 0 Å². The number of carbonyl (C=O) groups is 4. The standard InChI is InChI=1S/C87H146O17P2/c1-5-9-13-17-21-25-29-33-36-38-40-42-45-48-51-55-59-63-67-71-84(89)97-77-82(103-86(91)73-69-65-61-57-53-47-32-28-24-20-16-12-8-4)79-101-105(93,94)99-75-81(88)76-100-106(95,96)102-80-83(104-87(92)74-70-66-62-58-54-50-44-35-31-27-23-19-15-11-7-3)78-98-85(90)72-68-64-60-56-52-49-46-43-41-39-37-34-30-26-22-18-14-10-6-2/h9-10,13-14,21-23,25-28,32-37,40-44,48,51,81-83,88H,5-8,11-12,15-20,24,29-31,38-39,45-47,49-50,52-80H2,1-4H3,(H,93,94)(H,95,96)/b13-9-,14-10-,25-21-,26-22-,27-23-,32-28-,36-33-,37-34-,42-40-,43-41-,44-35-,51-48-. The first kappa shape index (κ1) is 101. The number of esters is 4. The summed E-state index contributed by atoms with van der Waals surface area (Å²) in [5.41, 5.74) is 0. The molecule has 0 saturated heterocycles. The largest absolute Gasteiger partial charge is 0.472 e. The second kappa shape index (κ2) is 78.1. The van der Waals surface area contributed by atoms with E-state index in [1.54, 1.807) is 0 Å². The number of phosphoric acid groups is 2. The zero-order valence-electron chi connectivity index (χ0n) is 66.3. The fourth-order valence-corrected chi connectivity index (χ4v) is 12.1. The number of aliphatic hydroxyl groups excluding tert-OH is 1. The molecule has 0 aliphatic heterocycles. The van der Waals surface area contributed by atoms with E-state index in [1.165, 1.54) is 44.9 Å². The maximum absolute atomic E-state index is 13.1. The van der Waals surface area contributed by atoms with Gasteiger partial charge in [0.15, 0.2) is 12.2 Å². The van der Waals surface area contributed by atoms with Gasteiger partial charge in [-0.3, -0.25) is 37.3 Å². The molecule has 3 N–H and O–H groups in total. The highest BCUT2D eigenvalue weighted by Crippen LogP contribution is 2.45. The van der Waals surface area contributed by atoms with Crippen molar-refractivity contribution in [2.24, 2.45) is 0 Å². The monoisotopic (exact) mass is 1530 g/mol. The van der Waals surface area contributed by atoms with Crippen molar-refractivity contribution in [1.29, 1.82) is 0 Å². The van der Waals surface area contributed by atoms with Crippen LogP contribution in [0.25, 0.3) is 0 Å². The Morgan fingerprint density at radius 1 is 0.274 bits per heavy atom. The summed E-state index contributed by atoms with van der Waals surface area (Å²) < 4.78 is 68.6. The second-order valence-corrected chi connectivity index (χ2v) is 29.8. The molecule has 19 heteroatoms. The van der Waals surface area contributed by atoms with Crippen molar-refractivity contribution in [2.45, 2.75) is 341 Å². The van der Waals surface area contributed by atoms with Crippen molar-refractivity contribution in [1.82, 2.24) is 0 Å². The SMILES string of the molecule is CC/C=C\C/C=C\C/C=C\C/C=C\C/C=C\CCCCCC(=O)OCC(COP(=O)(O)OCC(O)COP(=O)(O)OCC(COC(=O)CCCCCCCC/C=C\C/C=C\C/C=C\C/C=C\CC)OC(=O)CCCCCCC/C=C\C/C=C\CCCCC)OC(=O)CCCCCCC/C=C\CCCCCC. The summed E-state index contributed by atoms with van der Waals surface area (Å²) in [5.74, 6) is -2.25. The molecule has 0 bridgehead atoms.